The zero-order valence-electron chi connectivity index (χ0n) is 19.2. The average Bonchev–Trinajstić information content (AvgIpc) is 3.13. The van der Waals surface area contributed by atoms with Gasteiger partial charge in [0.25, 0.3) is 0 Å². The van der Waals surface area contributed by atoms with Gasteiger partial charge in [0.1, 0.15) is 17.5 Å². The number of halogens is 1. The molecule has 0 aliphatic heterocycles. The number of carbonyl (C=O) groups excluding carboxylic acids is 1. The standard InChI is InChI=1S/C24H31FN6O/c1-15(2)31-22(14-20(30-31)24(3,4)5)29-23(32)28-19-9-8-16(12-18(19)25)6-7-17-10-11-27-21(26)13-17/h8-15H,6-7H2,1-5H3,(H2,26,27)(H2,28,29,32). The van der Waals surface area contributed by atoms with E-state index in [1.54, 1.807) is 23.0 Å². The van der Waals surface area contributed by atoms with Crippen LogP contribution in [0.25, 0.3) is 0 Å². The maximum atomic E-state index is 14.6. The number of amides is 2. The topological polar surface area (TPSA) is 97.9 Å². The summed E-state index contributed by atoms with van der Waals surface area (Å²) in [7, 11) is 0. The number of aromatic nitrogens is 3. The number of anilines is 3. The predicted octanol–water partition coefficient (Wildman–Crippen LogP) is 5.31. The minimum atomic E-state index is -0.522. The van der Waals surface area contributed by atoms with Crippen LogP contribution in [-0.2, 0) is 18.3 Å². The van der Waals surface area contributed by atoms with Crippen LogP contribution in [0.1, 0.15) is 57.5 Å². The van der Waals surface area contributed by atoms with E-state index in [9.17, 15) is 9.18 Å². The number of hydrogen-bond donors (Lipinski definition) is 3. The Morgan fingerprint density at radius 1 is 1.09 bits per heavy atom. The number of nitrogen functional groups attached to an aromatic ring is 1. The third-order valence-corrected chi connectivity index (χ3v) is 5.06. The Hall–Kier alpha value is -3.42. The number of urea groups is 1. The molecule has 0 aliphatic rings. The van der Waals surface area contributed by atoms with Crippen molar-refractivity contribution in [3.05, 3.63) is 65.2 Å². The second-order valence-corrected chi connectivity index (χ2v) is 9.19. The molecule has 3 rings (SSSR count). The van der Waals surface area contributed by atoms with Gasteiger partial charge in [-0.3, -0.25) is 5.32 Å². The van der Waals surface area contributed by atoms with Crippen molar-refractivity contribution in [3.8, 4) is 0 Å². The van der Waals surface area contributed by atoms with Crippen molar-refractivity contribution in [1.82, 2.24) is 14.8 Å². The molecule has 2 heterocycles. The van der Waals surface area contributed by atoms with Crippen LogP contribution in [0.5, 0.6) is 0 Å². The number of nitrogens with two attached hydrogens (primary N) is 1. The molecule has 0 spiro atoms. The number of hydrogen-bond acceptors (Lipinski definition) is 4. The third kappa shape index (κ3) is 5.84. The molecular formula is C24H31FN6O. The lowest BCUT2D eigenvalue weighted by atomic mass is 9.92. The normalized spacial score (nSPS) is 11.6. The van der Waals surface area contributed by atoms with Crippen molar-refractivity contribution in [2.45, 2.75) is 58.9 Å². The van der Waals surface area contributed by atoms with Crippen LogP contribution in [0.3, 0.4) is 0 Å². The van der Waals surface area contributed by atoms with E-state index in [0.717, 1.165) is 16.8 Å². The van der Waals surface area contributed by atoms with Crippen LogP contribution in [0.4, 0.5) is 26.5 Å². The quantitative estimate of drug-likeness (QED) is 0.486. The smallest absolute Gasteiger partial charge is 0.324 e. The summed E-state index contributed by atoms with van der Waals surface area (Å²) in [6.45, 7) is 10.2. The van der Waals surface area contributed by atoms with Gasteiger partial charge in [0.05, 0.1) is 11.4 Å². The van der Waals surface area contributed by atoms with E-state index in [4.69, 9.17) is 5.73 Å². The highest BCUT2D eigenvalue weighted by Gasteiger charge is 2.22. The largest absolute Gasteiger partial charge is 0.384 e. The summed E-state index contributed by atoms with van der Waals surface area (Å²) in [6.07, 6.45) is 3.03. The van der Waals surface area contributed by atoms with Gasteiger partial charge >= 0.3 is 6.03 Å². The molecular weight excluding hydrogens is 407 g/mol. The molecule has 32 heavy (non-hydrogen) atoms. The van der Waals surface area contributed by atoms with Gasteiger partial charge in [-0.25, -0.2) is 18.9 Å². The van der Waals surface area contributed by atoms with Gasteiger partial charge in [-0.05, 0) is 62.1 Å². The van der Waals surface area contributed by atoms with Crippen molar-refractivity contribution in [2.24, 2.45) is 0 Å². The molecule has 8 heteroatoms. The van der Waals surface area contributed by atoms with E-state index in [2.05, 4.69) is 41.5 Å². The molecule has 7 nitrogen and oxygen atoms in total. The van der Waals surface area contributed by atoms with Crippen LogP contribution in [0.15, 0.2) is 42.6 Å². The van der Waals surface area contributed by atoms with Gasteiger partial charge in [-0.1, -0.05) is 26.8 Å². The molecule has 0 saturated carbocycles. The number of aryl methyl sites for hydroxylation is 2. The molecule has 2 aromatic heterocycles. The zero-order chi connectivity index (χ0) is 23.5. The Bertz CT molecular complexity index is 1100. The Labute approximate surface area is 188 Å². The van der Waals surface area contributed by atoms with E-state index in [-0.39, 0.29) is 17.1 Å². The third-order valence-electron chi connectivity index (χ3n) is 5.06. The summed E-state index contributed by atoms with van der Waals surface area (Å²) in [5.74, 6) is 0.545. The van der Waals surface area contributed by atoms with Crippen LogP contribution < -0.4 is 16.4 Å². The van der Waals surface area contributed by atoms with Gasteiger partial charge in [0, 0.05) is 23.7 Å². The minimum absolute atomic E-state index is 0.0631. The van der Waals surface area contributed by atoms with Crippen molar-refractivity contribution in [3.63, 3.8) is 0 Å². The summed E-state index contributed by atoms with van der Waals surface area (Å²) >= 11 is 0. The molecule has 4 N–H and O–H groups in total. The van der Waals surface area contributed by atoms with Crippen LogP contribution in [0.2, 0.25) is 0 Å². The number of nitrogens with zero attached hydrogens (tertiary/aromatic N) is 3. The highest BCUT2D eigenvalue weighted by Crippen LogP contribution is 2.26. The Morgan fingerprint density at radius 2 is 1.78 bits per heavy atom. The van der Waals surface area contributed by atoms with Gasteiger partial charge < -0.3 is 11.1 Å². The van der Waals surface area contributed by atoms with E-state index in [1.807, 2.05) is 32.0 Å². The van der Waals surface area contributed by atoms with Crippen LogP contribution >= 0.6 is 0 Å². The zero-order valence-corrected chi connectivity index (χ0v) is 19.2. The molecule has 0 unspecified atom stereocenters. The molecule has 0 aliphatic carbocycles. The summed E-state index contributed by atoms with van der Waals surface area (Å²) in [5.41, 5.74) is 8.40. The first-order valence-corrected chi connectivity index (χ1v) is 10.7. The molecule has 0 radical (unpaired) electrons. The summed E-state index contributed by atoms with van der Waals surface area (Å²) in [5, 5.41) is 9.99. The van der Waals surface area contributed by atoms with Gasteiger partial charge in [0.2, 0.25) is 0 Å². The molecule has 0 fully saturated rings. The van der Waals surface area contributed by atoms with Crippen LogP contribution in [0, 0.1) is 5.82 Å². The first-order chi connectivity index (χ1) is 15.0. The van der Waals surface area contributed by atoms with Crippen molar-refractivity contribution >= 4 is 23.4 Å². The van der Waals surface area contributed by atoms with Crippen LogP contribution in [-0.4, -0.2) is 20.8 Å². The summed E-state index contributed by atoms with van der Waals surface area (Å²) < 4.78 is 16.4. The molecule has 170 valence electrons. The summed E-state index contributed by atoms with van der Waals surface area (Å²) in [6, 6.07) is 9.91. The molecule has 0 saturated heterocycles. The highest BCUT2D eigenvalue weighted by molar-refractivity contribution is 5.99. The fourth-order valence-electron chi connectivity index (χ4n) is 3.27. The van der Waals surface area contributed by atoms with Gasteiger partial charge in [-0.2, -0.15) is 5.10 Å². The number of nitrogens with one attached hydrogen (secondary N) is 2. The van der Waals surface area contributed by atoms with Crippen molar-refractivity contribution in [1.29, 1.82) is 0 Å². The minimum Gasteiger partial charge on any atom is -0.384 e. The number of benzene rings is 1. The molecule has 1 aromatic carbocycles. The van der Waals surface area contributed by atoms with Gasteiger partial charge in [-0.15, -0.1) is 0 Å². The van der Waals surface area contributed by atoms with Crippen molar-refractivity contribution < 1.29 is 9.18 Å². The molecule has 0 atom stereocenters. The molecule has 0 bridgehead atoms. The second kappa shape index (κ2) is 9.38. The highest BCUT2D eigenvalue weighted by atomic mass is 19.1. The van der Waals surface area contributed by atoms with E-state index in [1.165, 1.54) is 6.07 Å². The second-order valence-electron chi connectivity index (χ2n) is 9.19. The average molecular weight is 439 g/mol. The maximum absolute atomic E-state index is 14.6. The van der Waals surface area contributed by atoms with E-state index in [0.29, 0.717) is 24.5 Å². The first kappa shape index (κ1) is 23.2. The van der Waals surface area contributed by atoms with Gasteiger partial charge in [0.15, 0.2) is 0 Å². The lowest BCUT2D eigenvalue weighted by Crippen LogP contribution is -2.22. The lowest BCUT2D eigenvalue weighted by Gasteiger charge is -2.14. The number of pyridine rings is 1. The van der Waals surface area contributed by atoms with Crippen molar-refractivity contribution in [2.75, 3.05) is 16.4 Å². The van der Waals surface area contributed by atoms with E-state index < -0.39 is 11.8 Å². The number of rotatable bonds is 6. The number of carbonyl (C=O) groups is 1. The monoisotopic (exact) mass is 438 g/mol. The molecule has 2 amide bonds. The predicted molar refractivity (Wildman–Crippen MR) is 126 cm³/mol. The Balaban J connectivity index is 1.66. The Kier molecular flexibility index (Phi) is 6.81. The lowest BCUT2D eigenvalue weighted by molar-refractivity contribution is 0.261. The molecule has 3 aromatic rings. The summed E-state index contributed by atoms with van der Waals surface area (Å²) in [4.78, 5) is 16.5. The first-order valence-electron chi connectivity index (χ1n) is 10.7. The SMILES string of the molecule is CC(C)n1nc(C(C)(C)C)cc1NC(=O)Nc1ccc(CCc2ccnc(N)c2)cc1F. The maximum Gasteiger partial charge on any atom is 0.324 e. The van der Waals surface area contributed by atoms with E-state index >= 15 is 0 Å². The fourth-order valence-corrected chi connectivity index (χ4v) is 3.27. The fraction of sp³-hybridized carbons (Fsp3) is 0.375. The Morgan fingerprint density at radius 3 is 2.38 bits per heavy atom.